The van der Waals surface area contributed by atoms with Gasteiger partial charge < -0.3 is 5.11 Å². The summed E-state index contributed by atoms with van der Waals surface area (Å²) < 4.78 is 0. The monoisotopic (exact) mass is 306 g/mol. The molecule has 1 aliphatic rings. The minimum absolute atomic E-state index is 0.0687. The van der Waals surface area contributed by atoms with Gasteiger partial charge in [-0.05, 0) is 34.5 Å². The number of phenols is 1. The van der Waals surface area contributed by atoms with Gasteiger partial charge in [0, 0.05) is 0 Å². The van der Waals surface area contributed by atoms with E-state index in [1.165, 1.54) is 16.3 Å². The molecule has 4 rings (SSSR count). The Morgan fingerprint density at radius 2 is 1.68 bits per heavy atom. The molecule has 0 unspecified atom stereocenters. The molecular formula is C18H14N2OS. The maximum atomic E-state index is 9.95. The number of hydrogen-bond donors (Lipinski definition) is 2. The van der Waals surface area contributed by atoms with Gasteiger partial charge in [-0.15, -0.1) is 0 Å². The number of hydrazone groups is 1. The minimum atomic E-state index is 0.0687. The van der Waals surface area contributed by atoms with Crippen LogP contribution in [0.25, 0.3) is 10.8 Å². The quantitative estimate of drug-likeness (QED) is 0.744. The van der Waals surface area contributed by atoms with Gasteiger partial charge in [0.1, 0.15) is 16.2 Å². The summed E-state index contributed by atoms with van der Waals surface area (Å²) in [6, 6.07) is 22.0. The molecule has 0 saturated heterocycles. The van der Waals surface area contributed by atoms with Gasteiger partial charge >= 0.3 is 0 Å². The fraction of sp³-hybridized carbons (Fsp3) is 0.0556. The number of nitrogens with one attached hydrogen (secondary N) is 1. The van der Waals surface area contributed by atoms with Gasteiger partial charge in [-0.25, -0.2) is 0 Å². The number of benzene rings is 3. The molecule has 3 aromatic carbocycles. The van der Waals surface area contributed by atoms with Crippen LogP contribution < -0.4 is 5.43 Å². The molecule has 0 spiro atoms. The van der Waals surface area contributed by atoms with Crippen LogP contribution in [0.5, 0.6) is 5.75 Å². The lowest BCUT2D eigenvalue weighted by Gasteiger charge is -2.10. The smallest absolute Gasteiger partial charge is 0.129 e. The van der Waals surface area contributed by atoms with E-state index < -0.39 is 0 Å². The second-order valence-corrected chi connectivity index (χ2v) is 6.26. The Morgan fingerprint density at radius 3 is 2.55 bits per heavy atom. The van der Waals surface area contributed by atoms with Crippen LogP contribution in [0.4, 0.5) is 0 Å². The van der Waals surface area contributed by atoms with Gasteiger partial charge in [0.15, 0.2) is 0 Å². The first-order valence-electron chi connectivity index (χ1n) is 7.08. The Labute approximate surface area is 132 Å². The van der Waals surface area contributed by atoms with E-state index in [0.717, 1.165) is 10.6 Å². The highest BCUT2D eigenvalue weighted by Gasteiger charge is 2.23. The van der Waals surface area contributed by atoms with Crippen molar-refractivity contribution in [1.29, 1.82) is 0 Å². The molecule has 0 amide bonds. The zero-order valence-electron chi connectivity index (χ0n) is 11.7. The fourth-order valence-corrected chi connectivity index (χ4v) is 3.59. The maximum absolute atomic E-state index is 9.95. The van der Waals surface area contributed by atoms with E-state index in [2.05, 4.69) is 40.9 Å². The van der Waals surface area contributed by atoms with Gasteiger partial charge in [-0.1, -0.05) is 60.3 Å². The standard InChI is InChI=1S/C18H14N2OS/c21-16-8-4-3-7-15(16)18-20-19-17(22-18)14-10-9-12-5-1-2-6-13(12)11-14/h1-11,17,19,21H/t17-/m1/s1. The summed E-state index contributed by atoms with van der Waals surface area (Å²) >= 11 is 1.62. The zero-order chi connectivity index (χ0) is 14.9. The van der Waals surface area contributed by atoms with E-state index in [0.29, 0.717) is 0 Å². The van der Waals surface area contributed by atoms with Crippen molar-refractivity contribution in [1.82, 2.24) is 5.43 Å². The second-order valence-electron chi connectivity index (χ2n) is 5.17. The highest BCUT2D eigenvalue weighted by Crippen LogP contribution is 2.37. The molecule has 0 fully saturated rings. The molecule has 0 aromatic heterocycles. The van der Waals surface area contributed by atoms with Crippen LogP contribution in [0, 0.1) is 0 Å². The van der Waals surface area contributed by atoms with Crippen LogP contribution in [0.1, 0.15) is 16.5 Å². The van der Waals surface area contributed by atoms with Crippen LogP contribution >= 0.6 is 11.8 Å². The Hall–Kier alpha value is -2.46. The SMILES string of the molecule is Oc1ccccc1C1=NN[C@@H](c2ccc3ccccc3c2)S1. The molecule has 0 bridgehead atoms. The number of para-hydroxylation sites is 1. The molecule has 1 aliphatic heterocycles. The summed E-state index contributed by atoms with van der Waals surface area (Å²) in [7, 11) is 0. The van der Waals surface area contributed by atoms with Crippen molar-refractivity contribution in [2.75, 3.05) is 0 Å². The summed E-state index contributed by atoms with van der Waals surface area (Å²) in [6.45, 7) is 0. The van der Waals surface area contributed by atoms with Crippen LogP contribution in [0.3, 0.4) is 0 Å². The van der Waals surface area contributed by atoms with E-state index in [1.54, 1.807) is 17.8 Å². The molecular weight excluding hydrogens is 292 g/mol. The highest BCUT2D eigenvalue weighted by atomic mass is 32.2. The number of hydrogen-bond acceptors (Lipinski definition) is 4. The van der Waals surface area contributed by atoms with Crippen LogP contribution in [0.15, 0.2) is 71.8 Å². The van der Waals surface area contributed by atoms with E-state index in [9.17, 15) is 5.11 Å². The number of nitrogens with zero attached hydrogens (tertiary/aromatic N) is 1. The first-order chi connectivity index (χ1) is 10.8. The summed E-state index contributed by atoms with van der Waals surface area (Å²) in [5.41, 5.74) is 5.10. The van der Waals surface area contributed by atoms with Gasteiger partial charge in [0.05, 0.1) is 5.56 Å². The molecule has 3 nitrogen and oxygen atoms in total. The number of thioether (sulfide) groups is 1. The van der Waals surface area contributed by atoms with E-state index in [4.69, 9.17) is 0 Å². The molecule has 22 heavy (non-hydrogen) atoms. The largest absolute Gasteiger partial charge is 0.507 e. The molecule has 3 aromatic rings. The van der Waals surface area contributed by atoms with E-state index in [1.807, 2.05) is 30.3 Å². The summed E-state index contributed by atoms with van der Waals surface area (Å²) in [6.07, 6.45) is 0. The van der Waals surface area contributed by atoms with Crippen molar-refractivity contribution in [3.8, 4) is 5.75 Å². The molecule has 0 aliphatic carbocycles. The Bertz CT molecular complexity index is 876. The van der Waals surface area contributed by atoms with E-state index in [-0.39, 0.29) is 11.1 Å². The maximum Gasteiger partial charge on any atom is 0.129 e. The number of phenolic OH excluding ortho intramolecular Hbond substituents is 1. The van der Waals surface area contributed by atoms with Crippen molar-refractivity contribution < 1.29 is 5.11 Å². The predicted molar refractivity (Wildman–Crippen MR) is 92.1 cm³/mol. The number of aromatic hydroxyl groups is 1. The zero-order valence-corrected chi connectivity index (χ0v) is 12.5. The van der Waals surface area contributed by atoms with Crippen LogP contribution in [-0.2, 0) is 0 Å². The lowest BCUT2D eigenvalue weighted by Crippen LogP contribution is -2.06. The van der Waals surface area contributed by atoms with Crippen LogP contribution in [0.2, 0.25) is 0 Å². The first-order valence-corrected chi connectivity index (χ1v) is 7.96. The Kier molecular flexibility index (Phi) is 3.24. The number of fused-ring (bicyclic) bond motifs is 1. The third-order valence-electron chi connectivity index (χ3n) is 3.72. The van der Waals surface area contributed by atoms with Gasteiger partial charge in [-0.2, -0.15) is 5.10 Å². The Balaban J connectivity index is 1.62. The van der Waals surface area contributed by atoms with Crippen molar-refractivity contribution in [2.24, 2.45) is 5.10 Å². The first kappa shape index (κ1) is 13.2. The molecule has 0 radical (unpaired) electrons. The van der Waals surface area contributed by atoms with Gasteiger partial charge in [0.2, 0.25) is 0 Å². The number of rotatable bonds is 2. The van der Waals surface area contributed by atoms with Crippen molar-refractivity contribution in [3.63, 3.8) is 0 Å². The average Bonchev–Trinajstić information content (AvgIpc) is 3.04. The van der Waals surface area contributed by atoms with Crippen molar-refractivity contribution in [2.45, 2.75) is 5.37 Å². The molecule has 1 heterocycles. The fourth-order valence-electron chi connectivity index (χ4n) is 2.57. The highest BCUT2D eigenvalue weighted by molar-refractivity contribution is 8.14. The van der Waals surface area contributed by atoms with Gasteiger partial charge in [0.25, 0.3) is 0 Å². The third-order valence-corrected chi connectivity index (χ3v) is 4.87. The van der Waals surface area contributed by atoms with Crippen LogP contribution in [-0.4, -0.2) is 10.2 Å². The lowest BCUT2D eigenvalue weighted by atomic mass is 10.1. The molecule has 1 atom stereocenters. The summed E-state index contributed by atoms with van der Waals surface area (Å²) in [5.74, 6) is 0.259. The summed E-state index contributed by atoms with van der Waals surface area (Å²) in [4.78, 5) is 0. The molecule has 108 valence electrons. The second kappa shape index (κ2) is 5.39. The average molecular weight is 306 g/mol. The Morgan fingerprint density at radius 1 is 0.909 bits per heavy atom. The normalized spacial score (nSPS) is 17.3. The van der Waals surface area contributed by atoms with Crippen molar-refractivity contribution in [3.05, 3.63) is 77.9 Å². The third kappa shape index (κ3) is 2.31. The molecule has 2 N–H and O–H groups in total. The molecule has 4 heteroatoms. The summed E-state index contributed by atoms with van der Waals surface area (Å²) in [5, 5.41) is 17.7. The molecule has 0 saturated carbocycles. The van der Waals surface area contributed by atoms with Gasteiger partial charge in [-0.3, -0.25) is 5.43 Å². The van der Waals surface area contributed by atoms with Crippen molar-refractivity contribution >= 4 is 27.6 Å². The topological polar surface area (TPSA) is 44.6 Å². The minimum Gasteiger partial charge on any atom is -0.507 e. The lowest BCUT2D eigenvalue weighted by molar-refractivity contribution is 0.474. The predicted octanol–water partition coefficient (Wildman–Crippen LogP) is 4.24. The van der Waals surface area contributed by atoms with E-state index >= 15 is 0 Å².